The first kappa shape index (κ1) is 30.1. The summed E-state index contributed by atoms with van der Waals surface area (Å²) in [7, 11) is 0. The molecule has 0 spiro atoms. The van der Waals surface area contributed by atoms with E-state index in [0.717, 1.165) is 66.6 Å². The number of aromatic nitrogens is 2. The highest BCUT2D eigenvalue weighted by molar-refractivity contribution is 6.11. The lowest BCUT2D eigenvalue weighted by molar-refractivity contribution is 0.979. The van der Waals surface area contributed by atoms with Gasteiger partial charge in [-0.3, -0.25) is 0 Å². The van der Waals surface area contributed by atoms with Gasteiger partial charge in [0, 0.05) is 22.1 Å². The maximum absolute atomic E-state index is 9.60. The molecule has 0 aliphatic heterocycles. The molecule has 0 unspecified atom stereocenters. The Kier molecular flexibility index (Phi) is 7.54. The molecule has 9 rings (SSSR count). The molecule has 2 heterocycles. The summed E-state index contributed by atoms with van der Waals surface area (Å²) in [6, 6.07) is 68.1. The van der Waals surface area contributed by atoms with Crippen LogP contribution in [0.2, 0.25) is 0 Å². The number of benzene rings is 7. The van der Waals surface area contributed by atoms with E-state index < -0.39 is 0 Å². The molecule has 7 aromatic carbocycles. The Morgan fingerprint density at radius 3 is 1.47 bits per heavy atom. The summed E-state index contributed by atoms with van der Waals surface area (Å²) in [5.74, 6) is 0. The first-order chi connectivity index (χ1) is 25.2. The van der Waals surface area contributed by atoms with Gasteiger partial charge in [-0.15, -0.1) is 0 Å². The Hall–Kier alpha value is -7.02. The standard InChI is InChI=1S/C48H31N3/c49-32-33-21-23-40(24-22-33)47-46(39-27-25-35(26-28-39)34-13-5-1-6-14-34)48-44-31-43(37-17-9-3-10-18-37)42(36-15-7-2-8-16-36)29-41(44)30-45(51(48)50-47)38-19-11-4-12-20-38/h1-31H. The second-order valence-corrected chi connectivity index (χ2v) is 12.7. The van der Waals surface area contributed by atoms with Crippen molar-refractivity contribution in [3.05, 3.63) is 194 Å². The Morgan fingerprint density at radius 1 is 0.431 bits per heavy atom. The molecule has 2 aromatic heterocycles. The Bertz CT molecular complexity index is 2690. The third-order valence-electron chi connectivity index (χ3n) is 9.66. The number of pyridine rings is 1. The molecule has 0 amide bonds. The molecule has 0 aliphatic rings. The summed E-state index contributed by atoms with van der Waals surface area (Å²) in [5.41, 5.74) is 14.7. The Labute approximate surface area is 297 Å². The lowest BCUT2D eigenvalue weighted by atomic mass is 9.89. The lowest BCUT2D eigenvalue weighted by Crippen LogP contribution is -1.97. The first-order valence-corrected chi connectivity index (χ1v) is 17.1. The number of fused-ring (bicyclic) bond motifs is 3. The van der Waals surface area contributed by atoms with Crippen LogP contribution in [0.4, 0.5) is 0 Å². The summed E-state index contributed by atoms with van der Waals surface area (Å²) in [6.45, 7) is 0. The van der Waals surface area contributed by atoms with Gasteiger partial charge in [-0.2, -0.15) is 10.4 Å². The van der Waals surface area contributed by atoms with Crippen LogP contribution < -0.4 is 0 Å². The van der Waals surface area contributed by atoms with Crippen LogP contribution in [-0.2, 0) is 0 Å². The minimum atomic E-state index is 0.618. The van der Waals surface area contributed by atoms with Crippen LogP contribution in [0.15, 0.2) is 188 Å². The first-order valence-electron chi connectivity index (χ1n) is 17.1. The summed E-state index contributed by atoms with van der Waals surface area (Å²) in [5, 5.41) is 17.3. The zero-order chi connectivity index (χ0) is 34.1. The van der Waals surface area contributed by atoms with Crippen LogP contribution in [0.1, 0.15) is 5.56 Å². The molecule has 0 radical (unpaired) electrons. The number of nitriles is 1. The molecule has 0 aliphatic carbocycles. The van der Waals surface area contributed by atoms with E-state index in [-0.39, 0.29) is 0 Å². The van der Waals surface area contributed by atoms with Crippen LogP contribution >= 0.6 is 0 Å². The van der Waals surface area contributed by atoms with Crippen molar-refractivity contribution >= 4 is 16.3 Å². The maximum atomic E-state index is 9.60. The smallest absolute Gasteiger partial charge is 0.101 e. The number of hydrogen-bond donors (Lipinski definition) is 0. The molecular formula is C48H31N3. The lowest BCUT2D eigenvalue weighted by Gasteiger charge is -2.16. The quantitative estimate of drug-likeness (QED) is 0.180. The number of rotatable bonds is 6. The van der Waals surface area contributed by atoms with E-state index in [4.69, 9.17) is 5.10 Å². The summed E-state index contributed by atoms with van der Waals surface area (Å²) in [4.78, 5) is 0. The van der Waals surface area contributed by atoms with Gasteiger partial charge in [0.15, 0.2) is 0 Å². The van der Waals surface area contributed by atoms with Crippen LogP contribution in [-0.4, -0.2) is 9.61 Å². The SMILES string of the molecule is N#Cc1ccc(-c2nn3c(-c4ccccc4)cc4cc(-c5ccccc5)c(-c5ccccc5)cc4c3c2-c2ccc(-c3ccccc3)cc2)cc1. The third-order valence-corrected chi connectivity index (χ3v) is 9.66. The molecule has 0 saturated heterocycles. The van der Waals surface area contributed by atoms with Crippen LogP contribution in [0.3, 0.4) is 0 Å². The maximum Gasteiger partial charge on any atom is 0.101 e. The van der Waals surface area contributed by atoms with Crippen molar-refractivity contribution in [3.8, 4) is 73.1 Å². The largest absolute Gasteiger partial charge is 0.231 e. The average molecular weight is 650 g/mol. The van der Waals surface area contributed by atoms with Crippen molar-refractivity contribution in [2.45, 2.75) is 0 Å². The van der Waals surface area contributed by atoms with E-state index in [9.17, 15) is 5.26 Å². The normalized spacial score (nSPS) is 11.1. The van der Waals surface area contributed by atoms with Gasteiger partial charge in [0.2, 0.25) is 0 Å². The van der Waals surface area contributed by atoms with E-state index in [2.05, 4.69) is 162 Å². The van der Waals surface area contributed by atoms with Crippen LogP contribution in [0, 0.1) is 11.3 Å². The zero-order valence-electron chi connectivity index (χ0n) is 27.7. The van der Waals surface area contributed by atoms with E-state index in [1.165, 1.54) is 16.7 Å². The second-order valence-electron chi connectivity index (χ2n) is 12.7. The number of nitrogens with zero attached hydrogens (tertiary/aromatic N) is 3. The highest BCUT2D eigenvalue weighted by Crippen LogP contribution is 2.44. The highest BCUT2D eigenvalue weighted by Gasteiger charge is 2.23. The van der Waals surface area contributed by atoms with Gasteiger partial charge >= 0.3 is 0 Å². The third kappa shape index (κ3) is 5.46. The van der Waals surface area contributed by atoms with Gasteiger partial charge in [-0.1, -0.05) is 158 Å². The molecule has 9 aromatic rings. The summed E-state index contributed by atoms with van der Waals surface area (Å²) < 4.78 is 2.13. The van der Waals surface area contributed by atoms with Crippen molar-refractivity contribution < 1.29 is 0 Å². The highest BCUT2D eigenvalue weighted by atomic mass is 15.2. The van der Waals surface area contributed by atoms with Crippen molar-refractivity contribution in [3.63, 3.8) is 0 Å². The molecule has 0 fully saturated rings. The van der Waals surface area contributed by atoms with E-state index in [1.54, 1.807) is 0 Å². The molecule has 0 bridgehead atoms. The molecular weight excluding hydrogens is 619 g/mol. The molecule has 0 saturated carbocycles. The van der Waals surface area contributed by atoms with Crippen LogP contribution in [0.25, 0.3) is 83.3 Å². The predicted molar refractivity (Wildman–Crippen MR) is 210 cm³/mol. The Balaban J connectivity index is 1.41. The fraction of sp³-hybridized carbons (Fsp3) is 0. The van der Waals surface area contributed by atoms with Gasteiger partial charge in [0.1, 0.15) is 5.69 Å². The molecule has 238 valence electrons. The monoisotopic (exact) mass is 649 g/mol. The van der Waals surface area contributed by atoms with E-state index in [0.29, 0.717) is 5.56 Å². The van der Waals surface area contributed by atoms with Gasteiger partial charge in [-0.05, 0) is 74.7 Å². The summed E-state index contributed by atoms with van der Waals surface area (Å²) >= 11 is 0. The Morgan fingerprint density at radius 2 is 0.902 bits per heavy atom. The fourth-order valence-corrected chi connectivity index (χ4v) is 7.16. The topological polar surface area (TPSA) is 41.1 Å². The molecule has 0 N–H and O–H groups in total. The fourth-order valence-electron chi connectivity index (χ4n) is 7.16. The minimum Gasteiger partial charge on any atom is -0.231 e. The second kappa shape index (κ2) is 12.8. The van der Waals surface area contributed by atoms with Gasteiger partial charge < -0.3 is 0 Å². The van der Waals surface area contributed by atoms with Crippen molar-refractivity contribution in [2.24, 2.45) is 0 Å². The minimum absolute atomic E-state index is 0.618. The molecule has 51 heavy (non-hydrogen) atoms. The van der Waals surface area contributed by atoms with Crippen LogP contribution in [0.5, 0.6) is 0 Å². The number of hydrogen-bond acceptors (Lipinski definition) is 2. The van der Waals surface area contributed by atoms with Crippen molar-refractivity contribution in [1.82, 2.24) is 9.61 Å². The molecule has 0 atom stereocenters. The molecule has 3 nitrogen and oxygen atoms in total. The van der Waals surface area contributed by atoms with E-state index >= 15 is 0 Å². The van der Waals surface area contributed by atoms with Gasteiger partial charge in [-0.25, -0.2) is 4.52 Å². The van der Waals surface area contributed by atoms with E-state index in [1.807, 2.05) is 36.4 Å². The molecule has 3 heteroatoms. The van der Waals surface area contributed by atoms with Crippen molar-refractivity contribution in [2.75, 3.05) is 0 Å². The van der Waals surface area contributed by atoms with Gasteiger partial charge in [0.25, 0.3) is 0 Å². The average Bonchev–Trinajstić information content (AvgIpc) is 3.62. The summed E-state index contributed by atoms with van der Waals surface area (Å²) in [6.07, 6.45) is 0. The van der Waals surface area contributed by atoms with Crippen molar-refractivity contribution in [1.29, 1.82) is 5.26 Å². The van der Waals surface area contributed by atoms with Gasteiger partial charge in [0.05, 0.1) is 22.8 Å². The predicted octanol–water partition coefficient (Wildman–Crippen LogP) is 12.4. The zero-order valence-corrected chi connectivity index (χ0v) is 27.7.